The van der Waals surface area contributed by atoms with Crippen molar-refractivity contribution in [2.45, 2.75) is 52.4 Å². The summed E-state index contributed by atoms with van der Waals surface area (Å²) in [7, 11) is 0. The maximum Gasteiger partial charge on any atom is 0.149 e. The van der Waals surface area contributed by atoms with Gasteiger partial charge in [0.15, 0.2) is 0 Å². The van der Waals surface area contributed by atoms with Gasteiger partial charge in [-0.25, -0.2) is 4.98 Å². The van der Waals surface area contributed by atoms with Gasteiger partial charge in [0, 0.05) is 16.3 Å². The number of furan rings is 1. The predicted molar refractivity (Wildman–Crippen MR) is 177 cm³/mol. The number of nitrogens with zero attached hydrogens (tertiary/aromatic N) is 2. The fourth-order valence-electron chi connectivity index (χ4n) is 5.94. The third-order valence-electron chi connectivity index (χ3n) is 8.35. The van der Waals surface area contributed by atoms with Gasteiger partial charge in [-0.3, -0.25) is 4.57 Å². The number of fused-ring (bicyclic) bond motifs is 4. The minimum atomic E-state index is 0.0215. The lowest BCUT2D eigenvalue weighted by Crippen LogP contribution is -2.12. The van der Waals surface area contributed by atoms with Crippen LogP contribution in [0.25, 0.3) is 61.2 Å². The van der Waals surface area contributed by atoms with Gasteiger partial charge in [0.2, 0.25) is 0 Å². The quantitative estimate of drug-likeness (QED) is 0.220. The monoisotopic (exact) mass is 548 g/mol. The third kappa shape index (κ3) is 4.32. The Hall–Kier alpha value is -4.63. The van der Waals surface area contributed by atoms with Gasteiger partial charge in [0.25, 0.3) is 0 Å². The van der Waals surface area contributed by atoms with Crippen LogP contribution in [-0.4, -0.2) is 9.55 Å². The molecule has 3 heteroatoms. The van der Waals surface area contributed by atoms with Crippen LogP contribution in [0, 0.1) is 0 Å². The Morgan fingerprint density at radius 3 is 2.05 bits per heavy atom. The standard InChI is InChI=1S/C39H36N2O/c1-38(2,3)26-20-22-33(31(23-26)25-13-8-7-9-14-25)41-34-18-11-10-17-32(34)40-37(41)30-16-12-15-29-28-21-19-27(39(4,5)6)24-35(28)42-36(29)30/h7-24H,1-6H3. The van der Waals surface area contributed by atoms with Crippen LogP contribution in [0.4, 0.5) is 0 Å². The van der Waals surface area contributed by atoms with Crippen molar-refractivity contribution in [2.75, 3.05) is 0 Å². The highest BCUT2D eigenvalue weighted by atomic mass is 16.3. The van der Waals surface area contributed by atoms with Crippen molar-refractivity contribution in [1.29, 1.82) is 0 Å². The van der Waals surface area contributed by atoms with E-state index < -0.39 is 0 Å². The number of aromatic nitrogens is 2. The third-order valence-corrected chi connectivity index (χ3v) is 8.35. The summed E-state index contributed by atoms with van der Waals surface area (Å²) in [6.07, 6.45) is 0. The molecule has 2 heterocycles. The lowest BCUT2D eigenvalue weighted by Gasteiger charge is -2.23. The minimum Gasteiger partial charge on any atom is -0.455 e. The van der Waals surface area contributed by atoms with Gasteiger partial charge in [-0.15, -0.1) is 0 Å². The van der Waals surface area contributed by atoms with E-state index in [0.717, 1.165) is 50.0 Å². The summed E-state index contributed by atoms with van der Waals surface area (Å²) in [6, 6.07) is 39.0. The lowest BCUT2D eigenvalue weighted by molar-refractivity contribution is 0.587. The Bertz CT molecular complexity index is 2100. The summed E-state index contributed by atoms with van der Waals surface area (Å²) in [4.78, 5) is 5.25. The van der Waals surface area contributed by atoms with Gasteiger partial charge in [0.05, 0.1) is 22.3 Å². The normalized spacial score (nSPS) is 12.5. The highest BCUT2D eigenvalue weighted by molar-refractivity contribution is 6.09. The first kappa shape index (κ1) is 26.3. The molecular weight excluding hydrogens is 512 g/mol. The Morgan fingerprint density at radius 2 is 1.29 bits per heavy atom. The lowest BCUT2D eigenvalue weighted by atomic mass is 9.85. The molecule has 0 radical (unpaired) electrons. The Kier molecular flexibility index (Phi) is 5.92. The van der Waals surface area contributed by atoms with Gasteiger partial charge in [0.1, 0.15) is 17.0 Å². The van der Waals surface area contributed by atoms with E-state index in [1.165, 1.54) is 22.3 Å². The first-order valence-electron chi connectivity index (χ1n) is 14.7. The van der Waals surface area contributed by atoms with Crippen molar-refractivity contribution in [3.63, 3.8) is 0 Å². The second kappa shape index (κ2) is 9.46. The summed E-state index contributed by atoms with van der Waals surface area (Å²) in [5, 5.41) is 2.23. The molecule has 0 unspecified atom stereocenters. The maximum absolute atomic E-state index is 6.69. The number of hydrogen-bond donors (Lipinski definition) is 0. The summed E-state index contributed by atoms with van der Waals surface area (Å²) in [6.45, 7) is 13.5. The van der Waals surface area contributed by atoms with E-state index in [1.807, 2.05) is 0 Å². The van der Waals surface area contributed by atoms with Crippen molar-refractivity contribution in [3.8, 4) is 28.2 Å². The molecule has 0 saturated carbocycles. The van der Waals surface area contributed by atoms with Crippen molar-refractivity contribution >= 4 is 33.0 Å². The molecule has 0 aliphatic carbocycles. The molecule has 0 aliphatic heterocycles. The van der Waals surface area contributed by atoms with Crippen LogP contribution in [0.15, 0.2) is 114 Å². The average Bonchev–Trinajstić information content (AvgIpc) is 3.54. The van der Waals surface area contributed by atoms with Crippen LogP contribution in [0.5, 0.6) is 0 Å². The second-order valence-corrected chi connectivity index (χ2v) is 13.4. The van der Waals surface area contributed by atoms with E-state index in [-0.39, 0.29) is 10.8 Å². The van der Waals surface area contributed by atoms with Gasteiger partial charge in [-0.1, -0.05) is 114 Å². The van der Waals surface area contributed by atoms with Crippen LogP contribution < -0.4 is 0 Å². The van der Waals surface area contributed by atoms with Crippen LogP contribution >= 0.6 is 0 Å². The van der Waals surface area contributed by atoms with E-state index in [1.54, 1.807) is 0 Å². The molecule has 208 valence electrons. The van der Waals surface area contributed by atoms with Gasteiger partial charge >= 0.3 is 0 Å². The zero-order valence-electron chi connectivity index (χ0n) is 25.2. The fraction of sp³-hybridized carbons (Fsp3) is 0.205. The summed E-state index contributed by atoms with van der Waals surface area (Å²) >= 11 is 0. The molecule has 0 bridgehead atoms. The number of rotatable bonds is 3. The zero-order valence-corrected chi connectivity index (χ0v) is 25.2. The average molecular weight is 549 g/mol. The molecule has 0 amide bonds. The number of benzene rings is 5. The molecule has 7 aromatic rings. The summed E-state index contributed by atoms with van der Waals surface area (Å²) < 4.78 is 9.00. The molecule has 0 fully saturated rings. The molecule has 5 aromatic carbocycles. The van der Waals surface area contributed by atoms with E-state index in [4.69, 9.17) is 9.40 Å². The molecule has 3 nitrogen and oxygen atoms in total. The van der Waals surface area contributed by atoms with Crippen molar-refractivity contribution < 1.29 is 4.42 Å². The predicted octanol–water partition coefficient (Wildman–Crippen LogP) is 10.9. The molecular formula is C39H36N2O. The van der Waals surface area contributed by atoms with E-state index in [2.05, 4.69) is 155 Å². The van der Waals surface area contributed by atoms with Gasteiger partial charge in [-0.2, -0.15) is 0 Å². The number of hydrogen-bond acceptors (Lipinski definition) is 2. The topological polar surface area (TPSA) is 31.0 Å². The molecule has 0 saturated heterocycles. The largest absolute Gasteiger partial charge is 0.455 e. The summed E-state index contributed by atoms with van der Waals surface area (Å²) in [5.41, 5.74) is 10.8. The van der Waals surface area contributed by atoms with Crippen LogP contribution in [0.1, 0.15) is 52.7 Å². The van der Waals surface area contributed by atoms with Crippen molar-refractivity contribution in [3.05, 3.63) is 120 Å². The van der Waals surface area contributed by atoms with Crippen LogP contribution in [0.3, 0.4) is 0 Å². The van der Waals surface area contributed by atoms with E-state index in [9.17, 15) is 0 Å². The van der Waals surface area contributed by atoms with Crippen molar-refractivity contribution in [1.82, 2.24) is 9.55 Å². The van der Waals surface area contributed by atoms with Crippen LogP contribution in [0.2, 0.25) is 0 Å². The molecule has 0 aliphatic rings. The van der Waals surface area contributed by atoms with Crippen molar-refractivity contribution in [2.24, 2.45) is 0 Å². The zero-order chi connectivity index (χ0) is 29.2. The SMILES string of the molecule is CC(C)(C)c1ccc(-n2c(-c3cccc4c3oc3cc(C(C)(C)C)ccc34)nc3ccccc32)c(-c2ccccc2)c1. The Morgan fingerprint density at radius 1 is 0.595 bits per heavy atom. The number of imidazole rings is 1. The Balaban J connectivity index is 1.54. The maximum atomic E-state index is 6.69. The number of para-hydroxylation sites is 3. The second-order valence-electron chi connectivity index (χ2n) is 13.4. The summed E-state index contributed by atoms with van der Waals surface area (Å²) in [5.74, 6) is 0.873. The highest BCUT2D eigenvalue weighted by Crippen LogP contribution is 2.41. The Labute approximate surface area is 247 Å². The fourth-order valence-corrected chi connectivity index (χ4v) is 5.94. The first-order valence-corrected chi connectivity index (χ1v) is 14.7. The molecule has 0 N–H and O–H groups in total. The van der Waals surface area contributed by atoms with Gasteiger partial charge < -0.3 is 4.42 Å². The molecule has 2 aromatic heterocycles. The highest BCUT2D eigenvalue weighted by Gasteiger charge is 2.24. The smallest absolute Gasteiger partial charge is 0.149 e. The molecule has 0 atom stereocenters. The van der Waals surface area contributed by atoms with E-state index in [0.29, 0.717) is 0 Å². The molecule has 42 heavy (non-hydrogen) atoms. The van der Waals surface area contributed by atoms with E-state index >= 15 is 0 Å². The molecule has 0 spiro atoms. The minimum absolute atomic E-state index is 0.0215. The molecule has 7 rings (SSSR count). The van der Waals surface area contributed by atoms with Gasteiger partial charge in [-0.05, 0) is 63.9 Å². The first-order chi connectivity index (χ1) is 20.1. The van der Waals surface area contributed by atoms with Crippen LogP contribution in [-0.2, 0) is 10.8 Å².